The van der Waals surface area contributed by atoms with E-state index in [4.69, 9.17) is 0 Å². The van der Waals surface area contributed by atoms with E-state index in [1.54, 1.807) is 0 Å². The Hall–Kier alpha value is -1.34. The first-order valence-corrected chi connectivity index (χ1v) is 7.99. The normalized spacial score (nSPS) is 19.3. The minimum absolute atomic E-state index is 0.414. The van der Waals surface area contributed by atoms with Crippen LogP contribution in [0.5, 0.6) is 0 Å². The molecule has 2 aromatic rings. The van der Waals surface area contributed by atoms with E-state index in [0.29, 0.717) is 12.1 Å². The topological polar surface area (TPSA) is 12.0 Å². The molecule has 1 nitrogen and oxygen atoms in total. The van der Waals surface area contributed by atoms with Crippen molar-refractivity contribution in [1.82, 2.24) is 5.32 Å². The van der Waals surface area contributed by atoms with E-state index in [-0.39, 0.29) is 0 Å². The zero-order valence-electron chi connectivity index (χ0n) is 12.6. The van der Waals surface area contributed by atoms with Gasteiger partial charge in [0.05, 0.1) is 0 Å². The average molecular weight is 267 g/mol. The van der Waals surface area contributed by atoms with Crippen molar-refractivity contribution in [2.24, 2.45) is 5.92 Å². The molecule has 1 N–H and O–H groups in total. The van der Waals surface area contributed by atoms with Gasteiger partial charge in [-0.15, -0.1) is 0 Å². The van der Waals surface area contributed by atoms with Crippen molar-refractivity contribution in [3.05, 3.63) is 48.0 Å². The first-order valence-electron chi connectivity index (χ1n) is 7.99. The van der Waals surface area contributed by atoms with E-state index < -0.39 is 0 Å². The van der Waals surface area contributed by atoms with Gasteiger partial charge >= 0.3 is 0 Å². The minimum Gasteiger partial charge on any atom is -0.307 e. The van der Waals surface area contributed by atoms with Crippen LogP contribution in [0.25, 0.3) is 10.8 Å². The van der Waals surface area contributed by atoms with Gasteiger partial charge in [-0.05, 0) is 48.9 Å². The average Bonchev–Trinajstić information content (AvgIpc) is 3.01. The summed E-state index contributed by atoms with van der Waals surface area (Å²) in [7, 11) is 0. The zero-order valence-corrected chi connectivity index (χ0v) is 12.6. The summed E-state index contributed by atoms with van der Waals surface area (Å²) < 4.78 is 0. The van der Waals surface area contributed by atoms with E-state index in [0.717, 1.165) is 5.92 Å². The molecule has 0 saturated heterocycles. The molecule has 0 amide bonds. The lowest BCUT2D eigenvalue weighted by Gasteiger charge is -2.26. The van der Waals surface area contributed by atoms with Crippen LogP contribution in [0.15, 0.2) is 42.5 Å². The molecule has 0 heterocycles. The highest BCUT2D eigenvalue weighted by molar-refractivity contribution is 5.86. The molecule has 2 atom stereocenters. The van der Waals surface area contributed by atoms with Crippen LogP contribution in [-0.2, 0) is 0 Å². The SMILES string of the molecule is CC(N[C@H](C)C1CCCC1)c1cccc2ccccc12. The predicted molar refractivity (Wildman–Crippen MR) is 86.9 cm³/mol. The van der Waals surface area contributed by atoms with E-state index in [2.05, 4.69) is 61.6 Å². The molecule has 0 bridgehead atoms. The Bertz CT molecular complexity index is 563. The highest BCUT2D eigenvalue weighted by atomic mass is 14.9. The number of benzene rings is 2. The van der Waals surface area contributed by atoms with Gasteiger partial charge in [-0.3, -0.25) is 0 Å². The molecule has 0 spiro atoms. The van der Waals surface area contributed by atoms with Gasteiger partial charge in [0.2, 0.25) is 0 Å². The Morgan fingerprint density at radius 2 is 1.65 bits per heavy atom. The molecule has 0 radical (unpaired) electrons. The molecular weight excluding hydrogens is 242 g/mol. The van der Waals surface area contributed by atoms with E-state index in [1.807, 2.05) is 0 Å². The highest BCUT2D eigenvalue weighted by Gasteiger charge is 2.23. The van der Waals surface area contributed by atoms with Gasteiger partial charge < -0.3 is 5.32 Å². The van der Waals surface area contributed by atoms with Gasteiger partial charge in [0, 0.05) is 12.1 Å². The summed E-state index contributed by atoms with van der Waals surface area (Å²) >= 11 is 0. The fraction of sp³-hybridized carbons (Fsp3) is 0.474. The Balaban J connectivity index is 1.79. The van der Waals surface area contributed by atoms with Crippen LogP contribution in [0.1, 0.15) is 51.1 Å². The molecule has 106 valence electrons. The van der Waals surface area contributed by atoms with Gasteiger partial charge in [-0.1, -0.05) is 55.3 Å². The van der Waals surface area contributed by atoms with Crippen molar-refractivity contribution in [2.75, 3.05) is 0 Å². The minimum atomic E-state index is 0.414. The number of rotatable bonds is 4. The molecule has 0 aliphatic heterocycles. The Morgan fingerprint density at radius 1 is 0.950 bits per heavy atom. The molecule has 3 rings (SSSR count). The summed E-state index contributed by atoms with van der Waals surface area (Å²) in [5.74, 6) is 0.868. The van der Waals surface area contributed by atoms with Crippen molar-refractivity contribution >= 4 is 10.8 Å². The zero-order chi connectivity index (χ0) is 13.9. The molecule has 20 heavy (non-hydrogen) atoms. The summed E-state index contributed by atoms with van der Waals surface area (Å²) in [4.78, 5) is 0. The monoisotopic (exact) mass is 267 g/mol. The second kappa shape index (κ2) is 5.97. The molecule has 1 aliphatic rings. The maximum Gasteiger partial charge on any atom is 0.0300 e. The molecule has 0 aromatic heterocycles. The van der Waals surface area contributed by atoms with Crippen LogP contribution in [0.2, 0.25) is 0 Å². The molecule has 1 unspecified atom stereocenters. The summed E-state index contributed by atoms with van der Waals surface area (Å²) in [5, 5.41) is 6.55. The lowest BCUT2D eigenvalue weighted by molar-refractivity contribution is 0.353. The van der Waals surface area contributed by atoms with Crippen molar-refractivity contribution in [3.63, 3.8) is 0 Å². The number of hydrogen-bond donors (Lipinski definition) is 1. The Kier molecular flexibility index (Phi) is 4.07. The van der Waals surface area contributed by atoms with Gasteiger partial charge in [0.25, 0.3) is 0 Å². The van der Waals surface area contributed by atoms with Gasteiger partial charge in [-0.25, -0.2) is 0 Å². The van der Waals surface area contributed by atoms with E-state index in [1.165, 1.54) is 42.0 Å². The summed E-state index contributed by atoms with van der Waals surface area (Å²) in [6, 6.07) is 16.4. The molecule has 1 fully saturated rings. The largest absolute Gasteiger partial charge is 0.307 e. The molecule has 1 heteroatoms. The quantitative estimate of drug-likeness (QED) is 0.815. The Morgan fingerprint density at radius 3 is 2.45 bits per heavy atom. The standard InChI is InChI=1S/C19H25N/c1-14(16-8-3-4-9-16)20-15(2)18-13-7-11-17-10-5-6-12-19(17)18/h5-7,10-16,20H,3-4,8-9H2,1-2H3/t14-,15?/m1/s1. The maximum absolute atomic E-state index is 3.83. The summed E-state index contributed by atoms with van der Waals surface area (Å²) in [6.07, 6.45) is 5.63. The first kappa shape index (κ1) is 13.6. The van der Waals surface area contributed by atoms with Crippen LogP contribution in [-0.4, -0.2) is 6.04 Å². The van der Waals surface area contributed by atoms with Crippen molar-refractivity contribution in [2.45, 2.75) is 51.6 Å². The third-order valence-electron chi connectivity index (χ3n) is 4.91. The molecule has 1 aliphatic carbocycles. The third-order valence-corrected chi connectivity index (χ3v) is 4.91. The molecular formula is C19H25N. The second-order valence-electron chi connectivity index (χ2n) is 6.29. The van der Waals surface area contributed by atoms with Crippen LogP contribution >= 0.6 is 0 Å². The van der Waals surface area contributed by atoms with Crippen LogP contribution < -0.4 is 5.32 Å². The van der Waals surface area contributed by atoms with Crippen LogP contribution in [0.4, 0.5) is 0 Å². The van der Waals surface area contributed by atoms with Crippen LogP contribution in [0, 0.1) is 5.92 Å². The predicted octanol–water partition coefficient (Wildman–Crippen LogP) is 5.07. The Labute approximate surface area is 122 Å². The van der Waals surface area contributed by atoms with Crippen molar-refractivity contribution in [3.8, 4) is 0 Å². The van der Waals surface area contributed by atoms with Gasteiger partial charge in [0.15, 0.2) is 0 Å². The summed E-state index contributed by atoms with van der Waals surface area (Å²) in [6.45, 7) is 4.66. The lowest BCUT2D eigenvalue weighted by atomic mass is 9.95. The molecule has 2 aromatic carbocycles. The number of fused-ring (bicyclic) bond motifs is 1. The van der Waals surface area contributed by atoms with Gasteiger partial charge in [-0.2, -0.15) is 0 Å². The third kappa shape index (κ3) is 2.73. The first-order chi connectivity index (χ1) is 9.75. The van der Waals surface area contributed by atoms with Crippen molar-refractivity contribution < 1.29 is 0 Å². The fourth-order valence-corrected chi connectivity index (χ4v) is 3.71. The second-order valence-corrected chi connectivity index (χ2v) is 6.29. The smallest absolute Gasteiger partial charge is 0.0300 e. The lowest BCUT2D eigenvalue weighted by Crippen LogP contribution is -2.34. The maximum atomic E-state index is 3.83. The van der Waals surface area contributed by atoms with E-state index in [9.17, 15) is 0 Å². The number of nitrogens with one attached hydrogen (secondary N) is 1. The number of hydrogen-bond acceptors (Lipinski definition) is 1. The highest BCUT2D eigenvalue weighted by Crippen LogP contribution is 2.30. The van der Waals surface area contributed by atoms with Crippen molar-refractivity contribution in [1.29, 1.82) is 0 Å². The molecule has 1 saturated carbocycles. The van der Waals surface area contributed by atoms with Crippen LogP contribution in [0.3, 0.4) is 0 Å². The fourth-order valence-electron chi connectivity index (χ4n) is 3.71. The summed E-state index contributed by atoms with van der Waals surface area (Å²) in [5.41, 5.74) is 1.42. The van der Waals surface area contributed by atoms with Gasteiger partial charge in [0.1, 0.15) is 0 Å². The van der Waals surface area contributed by atoms with E-state index >= 15 is 0 Å².